The maximum atomic E-state index is 9.66. The van der Waals surface area contributed by atoms with E-state index in [9.17, 15) is 5.26 Å². The van der Waals surface area contributed by atoms with Crippen LogP contribution in [0.5, 0.6) is 5.75 Å². The molecule has 1 saturated carbocycles. The lowest BCUT2D eigenvalue weighted by molar-refractivity contribution is -0.140. The van der Waals surface area contributed by atoms with Gasteiger partial charge in [-0.2, -0.15) is 10.2 Å². The molecule has 0 unspecified atom stereocenters. The SMILES string of the molecule is [C-]#[N+]c1cnc2c(NC3CC3)nc(Nc3cc(C#N)cc(OC4CCN(C5(C)COC5)CC4)c3Cl)nn12. The minimum atomic E-state index is -0.00532. The molecule has 2 aliphatic heterocycles. The highest BCUT2D eigenvalue weighted by Crippen LogP contribution is 2.38. The molecule has 37 heavy (non-hydrogen) atoms. The van der Waals surface area contributed by atoms with E-state index in [4.69, 9.17) is 27.6 Å². The first-order valence-corrected chi connectivity index (χ1v) is 12.7. The molecule has 0 radical (unpaired) electrons. The maximum absolute atomic E-state index is 9.66. The van der Waals surface area contributed by atoms with Crippen LogP contribution in [0.15, 0.2) is 18.3 Å². The van der Waals surface area contributed by atoms with Gasteiger partial charge in [0.25, 0.3) is 17.4 Å². The number of rotatable bonds is 7. The zero-order valence-electron chi connectivity index (χ0n) is 20.4. The van der Waals surface area contributed by atoms with Gasteiger partial charge in [-0.25, -0.2) is 4.98 Å². The number of nitriles is 1. The zero-order chi connectivity index (χ0) is 25.6. The summed E-state index contributed by atoms with van der Waals surface area (Å²) < 4.78 is 13.2. The van der Waals surface area contributed by atoms with E-state index < -0.39 is 0 Å². The van der Waals surface area contributed by atoms with Crippen molar-refractivity contribution in [2.75, 3.05) is 36.9 Å². The van der Waals surface area contributed by atoms with E-state index >= 15 is 0 Å². The van der Waals surface area contributed by atoms with Gasteiger partial charge in [0.05, 0.1) is 42.3 Å². The van der Waals surface area contributed by atoms with Gasteiger partial charge in [0.15, 0.2) is 5.82 Å². The number of anilines is 3. The van der Waals surface area contributed by atoms with Crippen molar-refractivity contribution in [3.05, 3.63) is 40.3 Å². The highest BCUT2D eigenvalue weighted by molar-refractivity contribution is 6.34. The predicted octanol–water partition coefficient (Wildman–Crippen LogP) is 4.15. The second-order valence-electron chi connectivity index (χ2n) is 10.0. The largest absolute Gasteiger partial charge is 0.489 e. The standard InChI is InChI=1S/C25H26ClN9O2/c1-25(13-36-14-25)34-7-5-17(6-8-34)37-19-10-15(11-27)9-18(21(19)26)31-24-32-22(30-16-3-4-16)23-29-12-20(28-2)35(23)33-24/h9-10,12,16-17H,3-8,13-14H2,1H3,(H2,30,31,32,33). The number of fused-ring (bicyclic) bond motifs is 1. The lowest BCUT2D eigenvalue weighted by Gasteiger charge is -2.49. The van der Waals surface area contributed by atoms with Crippen LogP contribution >= 0.6 is 11.6 Å². The van der Waals surface area contributed by atoms with Gasteiger partial charge in [0, 0.05) is 19.1 Å². The average molecular weight is 520 g/mol. The van der Waals surface area contributed by atoms with E-state index in [1.165, 1.54) is 10.7 Å². The first-order chi connectivity index (χ1) is 18.0. The Balaban J connectivity index is 1.25. The lowest BCUT2D eigenvalue weighted by Crippen LogP contribution is -2.62. The van der Waals surface area contributed by atoms with Gasteiger partial charge in [-0.3, -0.25) is 4.90 Å². The van der Waals surface area contributed by atoms with Gasteiger partial charge in [-0.15, -0.1) is 4.52 Å². The summed E-state index contributed by atoms with van der Waals surface area (Å²) in [7, 11) is 0. The molecule has 11 nitrogen and oxygen atoms in total. The normalized spacial score (nSPS) is 19.6. The number of aromatic nitrogens is 4. The van der Waals surface area contributed by atoms with Gasteiger partial charge in [0.1, 0.15) is 16.9 Å². The van der Waals surface area contributed by atoms with Crippen molar-refractivity contribution < 1.29 is 9.47 Å². The Morgan fingerprint density at radius 2 is 2.05 bits per heavy atom. The lowest BCUT2D eigenvalue weighted by atomic mass is 9.94. The van der Waals surface area contributed by atoms with Crippen LogP contribution < -0.4 is 15.4 Å². The molecule has 0 atom stereocenters. The molecular weight excluding hydrogens is 494 g/mol. The number of benzene rings is 1. The summed E-state index contributed by atoms with van der Waals surface area (Å²) in [6.07, 6.45) is 5.30. The Kier molecular flexibility index (Phi) is 6.00. The Morgan fingerprint density at radius 3 is 2.70 bits per heavy atom. The maximum Gasteiger partial charge on any atom is 0.275 e. The van der Waals surface area contributed by atoms with E-state index in [0.717, 1.165) is 52.0 Å². The minimum Gasteiger partial charge on any atom is -0.489 e. The molecule has 2 N–H and O–H groups in total. The first kappa shape index (κ1) is 23.7. The van der Waals surface area contributed by atoms with Gasteiger partial charge in [-0.05, 0) is 44.7 Å². The van der Waals surface area contributed by atoms with Crippen LogP contribution in [0.2, 0.25) is 5.02 Å². The highest BCUT2D eigenvalue weighted by Gasteiger charge is 2.41. The van der Waals surface area contributed by atoms with Gasteiger partial charge in [-0.1, -0.05) is 23.3 Å². The first-order valence-electron chi connectivity index (χ1n) is 12.4. The monoisotopic (exact) mass is 519 g/mol. The Bertz CT molecular complexity index is 1430. The zero-order valence-corrected chi connectivity index (χ0v) is 21.1. The molecule has 3 aromatic rings. The number of nitrogens with zero attached hydrogens (tertiary/aromatic N) is 7. The van der Waals surface area contributed by atoms with E-state index in [-0.39, 0.29) is 23.4 Å². The molecule has 6 rings (SSSR count). The highest BCUT2D eigenvalue weighted by atomic mass is 35.5. The number of hydrogen-bond donors (Lipinski definition) is 2. The third kappa shape index (κ3) is 4.62. The quantitative estimate of drug-likeness (QED) is 0.444. The molecular formula is C25H26ClN9O2. The van der Waals surface area contributed by atoms with Crippen molar-refractivity contribution in [2.24, 2.45) is 0 Å². The molecule has 1 aliphatic carbocycles. The summed E-state index contributed by atoms with van der Waals surface area (Å²) in [6.45, 7) is 13.1. The van der Waals surface area contributed by atoms with E-state index in [2.05, 4.69) is 48.4 Å². The molecule has 190 valence electrons. The van der Waals surface area contributed by atoms with Crippen LogP contribution in [0.1, 0.15) is 38.2 Å². The van der Waals surface area contributed by atoms with Crippen LogP contribution in [0.3, 0.4) is 0 Å². The van der Waals surface area contributed by atoms with Crippen LogP contribution in [0.4, 0.5) is 23.3 Å². The summed E-state index contributed by atoms with van der Waals surface area (Å²) in [5.74, 6) is 1.48. The molecule has 12 heteroatoms. The van der Waals surface area contributed by atoms with Crippen molar-refractivity contribution in [3.63, 3.8) is 0 Å². The van der Waals surface area contributed by atoms with Crippen molar-refractivity contribution in [1.29, 1.82) is 5.26 Å². The molecule has 3 aliphatic rings. The van der Waals surface area contributed by atoms with Crippen molar-refractivity contribution in [3.8, 4) is 11.8 Å². The van der Waals surface area contributed by atoms with E-state index in [0.29, 0.717) is 39.5 Å². The number of hydrogen-bond acceptors (Lipinski definition) is 9. The number of likely N-dealkylation sites (tertiary alicyclic amines) is 1. The van der Waals surface area contributed by atoms with Gasteiger partial charge >= 0.3 is 0 Å². The number of nitrogens with one attached hydrogen (secondary N) is 2. The summed E-state index contributed by atoms with van der Waals surface area (Å²) in [5, 5.41) is 20.9. The number of ether oxygens (including phenoxy) is 2. The molecule has 4 heterocycles. The third-order valence-electron chi connectivity index (χ3n) is 7.12. The second kappa shape index (κ2) is 9.34. The molecule has 0 bridgehead atoms. The van der Waals surface area contributed by atoms with Crippen molar-refractivity contribution >= 4 is 40.5 Å². The Morgan fingerprint density at radius 1 is 1.27 bits per heavy atom. The average Bonchev–Trinajstić information content (AvgIpc) is 3.61. The molecule has 0 amide bonds. The van der Waals surface area contributed by atoms with Crippen LogP contribution in [-0.2, 0) is 4.74 Å². The summed E-state index contributed by atoms with van der Waals surface area (Å²) in [4.78, 5) is 14.9. The fourth-order valence-corrected chi connectivity index (χ4v) is 4.95. The van der Waals surface area contributed by atoms with Crippen molar-refractivity contribution in [2.45, 2.75) is 50.3 Å². The fraction of sp³-hybridized carbons (Fsp3) is 0.480. The molecule has 3 fully saturated rings. The predicted molar refractivity (Wildman–Crippen MR) is 138 cm³/mol. The number of halogens is 1. The second-order valence-corrected chi connectivity index (χ2v) is 10.4. The summed E-state index contributed by atoms with van der Waals surface area (Å²) in [5.41, 5.74) is 1.46. The fourth-order valence-electron chi connectivity index (χ4n) is 4.75. The minimum absolute atomic E-state index is 0.00532. The molecule has 2 saturated heterocycles. The molecule has 2 aromatic heterocycles. The Hall–Kier alpha value is -3.64. The third-order valence-corrected chi connectivity index (χ3v) is 7.51. The van der Waals surface area contributed by atoms with Crippen LogP contribution in [0.25, 0.3) is 10.5 Å². The Labute approximate surface area is 219 Å². The summed E-state index contributed by atoms with van der Waals surface area (Å²) >= 11 is 6.77. The van der Waals surface area contributed by atoms with Gasteiger partial charge < -0.3 is 25.0 Å². The topological polar surface area (TPSA) is 117 Å². The van der Waals surface area contributed by atoms with E-state index in [1.807, 2.05) is 0 Å². The van der Waals surface area contributed by atoms with Crippen molar-refractivity contribution in [1.82, 2.24) is 24.5 Å². The smallest absolute Gasteiger partial charge is 0.275 e. The van der Waals surface area contributed by atoms with Gasteiger partial charge in [0.2, 0.25) is 0 Å². The van der Waals surface area contributed by atoms with E-state index in [1.54, 1.807) is 12.1 Å². The van der Waals surface area contributed by atoms with Crippen LogP contribution in [0, 0.1) is 17.9 Å². The van der Waals surface area contributed by atoms with Crippen LogP contribution in [-0.4, -0.2) is 68.5 Å². The number of imidazole rings is 1. The molecule has 0 spiro atoms. The number of piperidine rings is 1. The summed E-state index contributed by atoms with van der Waals surface area (Å²) in [6, 6.07) is 5.81. The molecule has 1 aromatic carbocycles.